The summed E-state index contributed by atoms with van der Waals surface area (Å²) in [5.74, 6) is -0.935. The van der Waals surface area contributed by atoms with Crippen molar-refractivity contribution in [2.75, 3.05) is 6.61 Å². The number of halogens is 4. The first-order valence-corrected chi connectivity index (χ1v) is 17.1. The van der Waals surface area contributed by atoms with Gasteiger partial charge in [-0.25, -0.2) is 18.6 Å². The second-order valence-corrected chi connectivity index (χ2v) is 13.6. The Balaban J connectivity index is 1.56. The molecule has 1 aliphatic heterocycles. The van der Waals surface area contributed by atoms with Gasteiger partial charge in [-0.15, -0.1) is 0 Å². The number of hydrogen-bond acceptors (Lipinski definition) is 6. The van der Waals surface area contributed by atoms with E-state index in [0.717, 1.165) is 7.14 Å². The third kappa shape index (κ3) is 6.58. The van der Waals surface area contributed by atoms with Crippen LogP contribution in [0.5, 0.6) is 5.75 Å². The first-order valence-electron chi connectivity index (χ1n) is 14.1. The first-order chi connectivity index (χ1) is 22.2. The molecule has 4 aromatic carbocycles. The van der Waals surface area contributed by atoms with Crippen molar-refractivity contribution in [1.29, 1.82) is 0 Å². The number of ether oxygens (including phenoxy) is 2. The molecule has 0 N–H and O–H groups in total. The monoisotopic (exact) mass is 860 g/mol. The van der Waals surface area contributed by atoms with E-state index in [1.54, 1.807) is 43.3 Å². The topological polar surface area (TPSA) is 69.9 Å². The normalized spacial score (nSPS) is 14.5. The van der Waals surface area contributed by atoms with Gasteiger partial charge in [-0.05, 0) is 94.1 Å². The summed E-state index contributed by atoms with van der Waals surface area (Å²) in [5, 5.41) is 0. The zero-order valence-electron chi connectivity index (χ0n) is 24.2. The summed E-state index contributed by atoms with van der Waals surface area (Å²) >= 11 is 5.52. The van der Waals surface area contributed by atoms with Gasteiger partial charge in [-0.3, -0.25) is 9.36 Å². The van der Waals surface area contributed by atoms with Crippen molar-refractivity contribution in [1.82, 2.24) is 4.57 Å². The lowest BCUT2D eigenvalue weighted by molar-refractivity contribution is -0.138. The molecule has 0 aliphatic carbocycles. The Bertz CT molecular complexity index is 2160. The number of hydrogen-bond donors (Lipinski definition) is 0. The maximum atomic E-state index is 14.4. The first kappa shape index (κ1) is 32.3. The van der Waals surface area contributed by atoms with Crippen LogP contribution in [0.1, 0.15) is 35.2 Å². The minimum absolute atomic E-state index is 0.000734. The van der Waals surface area contributed by atoms with Crippen LogP contribution in [0.3, 0.4) is 0 Å². The number of fused-ring (bicyclic) bond motifs is 1. The van der Waals surface area contributed by atoms with Crippen LogP contribution < -0.4 is 19.6 Å². The summed E-state index contributed by atoms with van der Waals surface area (Å²) in [4.78, 5) is 33.1. The fraction of sp³-hybridized carbons (Fsp3) is 0.114. The molecule has 0 unspecified atom stereocenters. The Morgan fingerprint density at radius 1 is 1.00 bits per heavy atom. The van der Waals surface area contributed by atoms with Crippen LogP contribution in [0.15, 0.2) is 106 Å². The average Bonchev–Trinajstić information content (AvgIpc) is 3.35. The number of carbonyl (C=O) groups is 1. The Morgan fingerprint density at radius 2 is 1.72 bits per heavy atom. The molecule has 1 aliphatic rings. The summed E-state index contributed by atoms with van der Waals surface area (Å²) in [7, 11) is 0. The zero-order chi connectivity index (χ0) is 32.4. The molecule has 0 amide bonds. The second kappa shape index (κ2) is 14.0. The van der Waals surface area contributed by atoms with Crippen molar-refractivity contribution in [2.45, 2.75) is 19.6 Å². The van der Waals surface area contributed by atoms with Crippen LogP contribution >= 0.6 is 56.5 Å². The molecule has 2 heterocycles. The third-order valence-corrected chi connectivity index (χ3v) is 9.62. The molecule has 1 atom stereocenters. The Kier molecular flexibility index (Phi) is 9.80. The molecule has 1 aromatic heterocycles. The predicted octanol–water partition coefficient (Wildman–Crippen LogP) is 7.00. The standard InChI is InChI=1S/C35H24F2I2N2O4S/c1-2-44-34(43)29-30(20-8-4-3-5-9-20)40-35-41(31(29)21-12-14-24(36)15-13-21)33(42)28(46-35)17-23-16-25(38)18-27(39)32(23)45-19-22-10-6-7-11-26(22)37/h3-18,31H,2,19H2,1H3/b28-17-/t31-/m1/s1. The van der Waals surface area contributed by atoms with Crippen LogP contribution in [0.25, 0.3) is 11.8 Å². The summed E-state index contributed by atoms with van der Waals surface area (Å²) in [6.45, 7) is 1.82. The van der Waals surface area contributed by atoms with E-state index in [2.05, 4.69) is 45.2 Å². The molecule has 232 valence electrons. The lowest BCUT2D eigenvalue weighted by Gasteiger charge is -2.25. The van der Waals surface area contributed by atoms with Crippen molar-refractivity contribution in [3.63, 3.8) is 0 Å². The highest BCUT2D eigenvalue weighted by Crippen LogP contribution is 2.35. The summed E-state index contributed by atoms with van der Waals surface area (Å²) in [6, 6.07) is 24.2. The molecular weight excluding hydrogens is 836 g/mol. The van der Waals surface area contributed by atoms with Gasteiger partial charge in [0.1, 0.15) is 24.0 Å². The number of aromatic nitrogens is 1. The van der Waals surface area contributed by atoms with Crippen LogP contribution in [0.4, 0.5) is 8.78 Å². The molecule has 0 saturated heterocycles. The van der Waals surface area contributed by atoms with E-state index in [4.69, 9.17) is 14.5 Å². The lowest BCUT2D eigenvalue weighted by atomic mass is 9.93. The van der Waals surface area contributed by atoms with Gasteiger partial charge in [-0.2, -0.15) is 0 Å². The lowest BCUT2D eigenvalue weighted by Crippen LogP contribution is -2.40. The van der Waals surface area contributed by atoms with E-state index >= 15 is 0 Å². The Hall–Kier alpha value is -3.69. The van der Waals surface area contributed by atoms with E-state index < -0.39 is 17.8 Å². The van der Waals surface area contributed by atoms with Gasteiger partial charge in [-0.1, -0.05) is 72.0 Å². The third-order valence-electron chi connectivity index (χ3n) is 7.21. The SMILES string of the molecule is CCOC(=O)C1=C(c2ccccc2)N=c2s/c(=C\c3cc(I)cc(I)c3OCc3ccccc3F)c(=O)n2[C@@H]1c1ccc(F)cc1. The van der Waals surface area contributed by atoms with Gasteiger partial charge in [0.25, 0.3) is 5.56 Å². The Morgan fingerprint density at radius 3 is 2.43 bits per heavy atom. The van der Waals surface area contributed by atoms with Crippen LogP contribution in [-0.2, 0) is 16.1 Å². The van der Waals surface area contributed by atoms with Crippen molar-refractivity contribution in [3.8, 4) is 5.75 Å². The van der Waals surface area contributed by atoms with Crippen molar-refractivity contribution < 1.29 is 23.0 Å². The van der Waals surface area contributed by atoms with Crippen LogP contribution in [0, 0.1) is 18.8 Å². The summed E-state index contributed by atoms with van der Waals surface area (Å²) < 4.78 is 43.6. The van der Waals surface area contributed by atoms with Crippen molar-refractivity contribution >= 4 is 74.3 Å². The number of nitrogens with zero attached hydrogens (tertiary/aromatic N) is 2. The molecule has 11 heteroatoms. The molecular formula is C35H24F2I2N2O4S. The van der Waals surface area contributed by atoms with Crippen LogP contribution in [-0.4, -0.2) is 17.1 Å². The van der Waals surface area contributed by atoms with Gasteiger partial charge in [0.05, 0.1) is 32.0 Å². The molecule has 0 radical (unpaired) electrons. The van der Waals surface area contributed by atoms with E-state index in [-0.39, 0.29) is 30.2 Å². The smallest absolute Gasteiger partial charge is 0.338 e. The predicted molar refractivity (Wildman–Crippen MR) is 190 cm³/mol. The average molecular weight is 860 g/mol. The second-order valence-electron chi connectivity index (χ2n) is 10.2. The van der Waals surface area contributed by atoms with Gasteiger partial charge in [0.2, 0.25) is 0 Å². The fourth-order valence-corrected chi connectivity index (χ4v) is 8.18. The number of carbonyl (C=O) groups excluding carboxylic acids is 1. The number of thiazole rings is 1. The zero-order valence-corrected chi connectivity index (χ0v) is 29.3. The van der Waals surface area contributed by atoms with E-state index in [1.807, 2.05) is 42.5 Å². The largest absolute Gasteiger partial charge is 0.487 e. The maximum Gasteiger partial charge on any atom is 0.338 e. The van der Waals surface area contributed by atoms with Crippen LogP contribution in [0.2, 0.25) is 0 Å². The molecule has 0 bridgehead atoms. The molecule has 0 saturated carbocycles. The molecule has 6 nitrogen and oxygen atoms in total. The molecule has 0 spiro atoms. The Labute approximate surface area is 294 Å². The van der Waals surface area contributed by atoms with Gasteiger partial charge >= 0.3 is 5.97 Å². The van der Waals surface area contributed by atoms with Gasteiger partial charge in [0, 0.05) is 20.3 Å². The van der Waals surface area contributed by atoms with Crippen molar-refractivity contribution in [3.05, 3.63) is 157 Å². The summed E-state index contributed by atoms with van der Waals surface area (Å²) in [5.41, 5.74) is 2.39. The fourth-order valence-electron chi connectivity index (χ4n) is 5.15. The molecule has 0 fully saturated rings. The van der Waals surface area contributed by atoms with E-state index in [9.17, 15) is 18.4 Å². The molecule has 5 aromatic rings. The highest BCUT2D eigenvalue weighted by Gasteiger charge is 2.35. The quantitative estimate of drug-likeness (QED) is 0.125. The van der Waals surface area contributed by atoms with E-state index in [1.165, 1.54) is 34.1 Å². The molecule has 46 heavy (non-hydrogen) atoms. The van der Waals surface area contributed by atoms with Gasteiger partial charge < -0.3 is 9.47 Å². The highest BCUT2D eigenvalue weighted by atomic mass is 127. The maximum absolute atomic E-state index is 14.4. The summed E-state index contributed by atoms with van der Waals surface area (Å²) in [6.07, 6.45) is 1.72. The number of esters is 1. The van der Waals surface area contributed by atoms with E-state index in [0.29, 0.717) is 43.0 Å². The molecule has 6 rings (SSSR count). The number of benzene rings is 4. The van der Waals surface area contributed by atoms with Gasteiger partial charge in [0.15, 0.2) is 4.80 Å². The minimum Gasteiger partial charge on any atom is -0.487 e. The minimum atomic E-state index is -0.930. The number of rotatable bonds is 8. The highest BCUT2D eigenvalue weighted by molar-refractivity contribution is 14.1. The van der Waals surface area contributed by atoms with Crippen molar-refractivity contribution in [2.24, 2.45) is 4.99 Å².